The molecule has 0 atom stereocenters. The highest BCUT2D eigenvalue weighted by Crippen LogP contribution is 2.59. The molecule has 0 radical (unpaired) electrons. The lowest BCUT2D eigenvalue weighted by atomic mass is 9.58. The quantitative estimate of drug-likeness (QED) is 0.167. The van der Waals surface area contributed by atoms with Crippen LogP contribution in [-0.4, -0.2) is 4.40 Å². The molecule has 288 valence electrons. The van der Waals surface area contributed by atoms with Gasteiger partial charge in [-0.1, -0.05) is 134 Å². The monoisotopic (exact) mass is 773 g/mol. The van der Waals surface area contributed by atoms with Gasteiger partial charge in [-0.05, 0) is 92.0 Å². The van der Waals surface area contributed by atoms with Crippen LogP contribution in [0, 0.1) is 22.7 Å². The molecule has 0 N–H and O–H groups in total. The lowest BCUT2D eigenvalue weighted by molar-refractivity contribution is 0.523. The molecule has 4 nitrogen and oxygen atoms in total. The van der Waals surface area contributed by atoms with Crippen LogP contribution >= 0.6 is 0 Å². The summed E-state index contributed by atoms with van der Waals surface area (Å²) in [5, 5.41) is 29.2. The van der Waals surface area contributed by atoms with Gasteiger partial charge in [-0.25, -0.2) is 0 Å². The molecule has 4 heteroatoms. The van der Waals surface area contributed by atoms with Crippen LogP contribution < -0.4 is 0 Å². The van der Waals surface area contributed by atoms with E-state index in [4.69, 9.17) is 4.42 Å². The highest BCUT2D eigenvalue weighted by Gasteiger charge is 2.47. The summed E-state index contributed by atoms with van der Waals surface area (Å²) in [6, 6.07) is 46.9. The SMILES string of the molecule is CC1(C)c2ccccc2C(C)(C)c2c1c(C#N)cc1c2c2cc(-c3cccc4oc5ccccc5c34)cc3c4c5c(c(C#N)cc4n1c23)C(C)(C)c1ccccc1C5(C)C. The molecule has 12 rings (SSSR count). The fraction of sp³-hybridized carbons (Fsp3) is 0.214. The van der Waals surface area contributed by atoms with Gasteiger partial charge in [0.1, 0.15) is 11.2 Å². The molecule has 3 heterocycles. The zero-order valence-corrected chi connectivity index (χ0v) is 35.2. The van der Waals surface area contributed by atoms with Crippen LogP contribution in [-0.2, 0) is 21.7 Å². The summed E-state index contributed by atoms with van der Waals surface area (Å²) in [5.41, 5.74) is 16.5. The number of hydrogen-bond acceptors (Lipinski definition) is 3. The number of hydrogen-bond donors (Lipinski definition) is 0. The summed E-state index contributed by atoms with van der Waals surface area (Å²) in [4.78, 5) is 0. The summed E-state index contributed by atoms with van der Waals surface area (Å²) in [6.45, 7) is 18.4. The maximum atomic E-state index is 11.2. The molecular formula is C56H43N3O. The minimum atomic E-state index is -0.423. The van der Waals surface area contributed by atoms with Gasteiger partial charge in [0.25, 0.3) is 0 Å². The van der Waals surface area contributed by atoms with Crippen molar-refractivity contribution in [3.05, 3.63) is 171 Å². The molecule has 0 saturated heterocycles. The number of para-hydroxylation sites is 1. The fourth-order valence-corrected chi connectivity index (χ4v) is 12.4. The largest absolute Gasteiger partial charge is 0.456 e. The smallest absolute Gasteiger partial charge is 0.136 e. The van der Waals surface area contributed by atoms with E-state index in [0.717, 1.165) is 71.5 Å². The van der Waals surface area contributed by atoms with E-state index in [0.29, 0.717) is 11.1 Å². The number of nitriles is 2. The van der Waals surface area contributed by atoms with Crippen LogP contribution in [0.5, 0.6) is 0 Å². The molecule has 0 fully saturated rings. The third-order valence-electron chi connectivity index (χ3n) is 15.0. The Morgan fingerprint density at radius 2 is 0.883 bits per heavy atom. The molecular weight excluding hydrogens is 731 g/mol. The van der Waals surface area contributed by atoms with Gasteiger partial charge in [-0.3, -0.25) is 0 Å². The number of aromatic nitrogens is 1. The lowest BCUT2D eigenvalue weighted by Gasteiger charge is -2.45. The van der Waals surface area contributed by atoms with Crippen molar-refractivity contribution in [3.63, 3.8) is 0 Å². The van der Waals surface area contributed by atoms with Crippen molar-refractivity contribution < 1.29 is 4.42 Å². The van der Waals surface area contributed by atoms with E-state index in [-0.39, 0.29) is 0 Å². The van der Waals surface area contributed by atoms with E-state index in [9.17, 15) is 10.5 Å². The summed E-state index contributed by atoms with van der Waals surface area (Å²) in [6.07, 6.45) is 0. The fourth-order valence-electron chi connectivity index (χ4n) is 12.4. The van der Waals surface area contributed by atoms with Gasteiger partial charge >= 0.3 is 0 Å². The Morgan fingerprint density at radius 1 is 0.450 bits per heavy atom. The Hall–Kier alpha value is -6.88. The van der Waals surface area contributed by atoms with E-state index >= 15 is 0 Å². The molecule has 0 bridgehead atoms. The standard InChI is InChI=1S/C56H43N3O/c1-53(2)37-18-10-12-20-39(37)55(5,6)50-46-35-24-30(33-17-15-23-44-45(33)34-16-9-14-22-43(34)60-44)25-36-47-42(59(52(35)36)41(46)26-31(28-57)48(50)53)27-32(29-58)49-51(47)56(7,8)40-21-13-11-19-38(40)54(49,3)4/h9-27H,1-8H3. The molecule has 3 aromatic heterocycles. The Kier molecular flexibility index (Phi) is 6.45. The van der Waals surface area contributed by atoms with Crippen LogP contribution in [0.1, 0.15) is 111 Å². The molecule has 0 amide bonds. The maximum absolute atomic E-state index is 11.2. The van der Waals surface area contributed by atoms with Gasteiger partial charge < -0.3 is 8.82 Å². The van der Waals surface area contributed by atoms with Crippen molar-refractivity contribution in [1.82, 2.24) is 4.40 Å². The van der Waals surface area contributed by atoms with Crippen molar-refractivity contribution in [2.24, 2.45) is 0 Å². The number of nitrogens with zero attached hydrogens (tertiary/aromatic N) is 3. The van der Waals surface area contributed by atoms with Gasteiger partial charge in [-0.2, -0.15) is 10.5 Å². The lowest BCUT2D eigenvalue weighted by Crippen LogP contribution is -2.37. The second-order valence-corrected chi connectivity index (χ2v) is 19.5. The zero-order valence-electron chi connectivity index (χ0n) is 35.2. The van der Waals surface area contributed by atoms with E-state index in [2.05, 4.69) is 175 Å². The Morgan fingerprint density at radius 3 is 1.37 bits per heavy atom. The van der Waals surface area contributed by atoms with Crippen LogP contribution in [0.15, 0.2) is 120 Å². The molecule has 0 spiro atoms. The molecule has 0 unspecified atom stereocenters. The third kappa shape index (κ3) is 3.96. The van der Waals surface area contributed by atoms with Crippen LogP contribution in [0.25, 0.3) is 71.2 Å². The topological polar surface area (TPSA) is 65.1 Å². The number of fused-ring (bicyclic) bond motifs is 15. The van der Waals surface area contributed by atoms with E-state index in [1.165, 1.54) is 44.2 Å². The number of furan rings is 1. The Bertz CT molecular complexity index is 3500. The van der Waals surface area contributed by atoms with Crippen molar-refractivity contribution in [2.75, 3.05) is 0 Å². The molecule has 10 aromatic rings. The predicted molar refractivity (Wildman–Crippen MR) is 245 cm³/mol. The van der Waals surface area contributed by atoms with Crippen molar-refractivity contribution >= 4 is 60.0 Å². The zero-order chi connectivity index (χ0) is 41.4. The second kappa shape index (κ2) is 11.0. The molecule has 2 aliphatic rings. The first-order valence-electron chi connectivity index (χ1n) is 21.1. The van der Waals surface area contributed by atoms with Gasteiger partial charge in [0.05, 0.1) is 39.8 Å². The normalized spacial score (nSPS) is 16.8. The van der Waals surface area contributed by atoms with E-state index in [1.807, 2.05) is 12.1 Å². The van der Waals surface area contributed by atoms with Gasteiger partial charge in [0, 0.05) is 54.0 Å². The Labute approximate surface area is 349 Å². The summed E-state index contributed by atoms with van der Waals surface area (Å²) >= 11 is 0. The average molecular weight is 774 g/mol. The van der Waals surface area contributed by atoms with Crippen molar-refractivity contribution in [2.45, 2.75) is 77.0 Å². The first-order valence-corrected chi connectivity index (χ1v) is 21.1. The number of benzene rings is 7. The minimum Gasteiger partial charge on any atom is -0.456 e. The molecule has 2 aliphatic carbocycles. The van der Waals surface area contributed by atoms with Gasteiger partial charge in [0.2, 0.25) is 0 Å². The van der Waals surface area contributed by atoms with E-state index in [1.54, 1.807) is 0 Å². The van der Waals surface area contributed by atoms with Gasteiger partial charge in [0.15, 0.2) is 0 Å². The van der Waals surface area contributed by atoms with Crippen molar-refractivity contribution in [3.8, 4) is 23.3 Å². The minimum absolute atomic E-state index is 0.422. The van der Waals surface area contributed by atoms with Gasteiger partial charge in [-0.15, -0.1) is 0 Å². The third-order valence-corrected chi connectivity index (χ3v) is 15.0. The highest BCUT2D eigenvalue weighted by molar-refractivity contribution is 6.27. The maximum Gasteiger partial charge on any atom is 0.136 e. The summed E-state index contributed by atoms with van der Waals surface area (Å²) < 4.78 is 8.89. The number of rotatable bonds is 1. The first-order chi connectivity index (χ1) is 28.7. The molecule has 0 aliphatic heterocycles. The summed E-state index contributed by atoms with van der Waals surface area (Å²) in [5.74, 6) is 0. The Balaban J connectivity index is 1.35. The molecule has 60 heavy (non-hydrogen) atoms. The predicted octanol–water partition coefficient (Wildman–Crippen LogP) is 14.1. The average Bonchev–Trinajstić information content (AvgIpc) is 3.90. The first kappa shape index (κ1) is 35.1. The van der Waals surface area contributed by atoms with Crippen LogP contribution in [0.3, 0.4) is 0 Å². The summed E-state index contributed by atoms with van der Waals surface area (Å²) in [7, 11) is 0. The van der Waals surface area contributed by atoms with Crippen molar-refractivity contribution in [1.29, 1.82) is 10.5 Å². The van der Waals surface area contributed by atoms with E-state index < -0.39 is 21.7 Å². The molecule has 0 saturated carbocycles. The second-order valence-electron chi connectivity index (χ2n) is 19.5. The van der Waals surface area contributed by atoms with Crippen LogP contribution in [0.2, 0.25) is 0 Å². The van der Waals surface area contributed by atoms with Crippen LogP contribution in [0.4, 0.5) is 0 Å². The highest BCUT2D eigenvalue weighted by atomic mass is 16.3. The molecule has 7 aromatic carbocycles.